The molecule has 2 heteroatoms. The minimum absolute atomic E-state index is 0.502. The summed E-state index contributed by atoms with van der Waals surface area (Å²) in [6.07, 6.45) is 2.05. The van der Waals surface area contributed by atoms with E-state index in [0.717, 1.165) is 0 Å². The zero-order chi connectivity index (χ0) is 4.99. The van der Waals surface area contributed by atoms with E-state index in [9.17, 15) is 4.39 Å². The van der Waals surface area contributed by atoms with Gasteiger partial charge in [0.2, 0.25) is 0 Å². The van der Waals surface area contributed by atoms with Crippen LogP contribution in [0.3, 0.4) is 0 Å². The average Bonchev–Trinajstić information content (AvgIpc) is 1.35. The molecule has 0 aromatic rings. The van der Waals surface area contributed by atoms with Gasteiger partial charge in [-0.2, -0.15) is 4.39 Å². The van der Waals surface area contributed by atoms with Gasteiger partial charge in [-0.1, -0.05) is 6.92 Å². The van der Waals surface area contributed by atoms with Crippen LogP contribution in [-0.4, -0.2) is 0 Å². The maximum atomic E-state index is 11.4. The van der Waals surface area contributed by atoms with E-state index in [0.29, 0.717) is 6.42 Å². The molecule has 0 spiro atoms. The van der Waals surface area contributed by atoms with Crippen LogP contribution < -0.4 is 0 Å². The van der Waals surface area contributed by atoms with Crippen molar-refractivity contribution >= 4 is 12.6 Å². The first-order valence-corrected chi connectivity index (χ1v) is 2.21. The molecule has 0 aliphatic rings. The van der Waals surface area contributed by atoms with Gasteiger partial charge in [0.1, 0.15) is 0 Å². The van der Waals surface area contributed by atoms with Crippen LogP contribution in [-0.2, 0) is 0 Å². The van der Waals surface area contributed by atoms with Gasteiger partial charge in [-0.15, -0.1) is 0 Å². The topological polar surface area (TPSA) is 0 Å². The molecule has 0 unspecified atom stereocenters. The summed E-state index contributed by atoms with van der Waals surface area (Å²) < 4.78 is 11.4. The summed E-state index contributed by atoms with van der Waals surface area (Å²) >= 11 is 4.07. The molecule has 0 fully saturated rings. The van der Waals surface area contributed by atoms with Crippen molar-refractivity contribution in [2.45, 2.75) is 13.3 Å². The molecule has 0 heterocycles. The minimum atomic E-state index is -0.502. The fraction of sp³-hybridized carbons (Fsp3) is 0.500. The first-order chi connectivity index (χ1) is 2.77. The second-order valence-corrected chi connectivity index (χ2v) is 1.31. The molecule has 0 aromatic heterocycles. The van der Waals surface area contributed by atoms with Crippen LogP contribution in [0.25, 0.3) is 0 Å². The van der Waals surface area contributed by atoms with E-state index in [2.05, 4.69) is 12.6 Å². The predicted molar refractivity (Wildman–Crippen MR) is 27.1 cm³/mol. The predicted octanol–water partition coefficient (Wildman–Crippen LogP) is 2.40. The van der Waals surface area contributed by atoms with E-state index in [4.69, 9.17) is 0 Å². The van der Waals surface area contributed by atoms with E-state index < -0.39 is 5.16 Å². The van der Waals surface area contributed by atoms with E-state index >= 15 is 0 Å². The SMILES string of the molecule is CC/C=C(\F)[S]. The summed E-state index contributed by atoms with van der Waals surface area (Å²) in [5.41, 5.74) is 0. The molecule has 0 nitrogen and oxygen atoms in total. The highest BCUT2D eigenvalue weighted by Gasteiger charge is 1.76. The average molecular weight is 105 g/mol. The molecule has 0 saturated carbocycles. The monoisotopic (exact) mass is 105 g/mol. The van der Waals surface area contributed by atoms with E-state index in [1.54, 1.807) is 0 Å². The van der Waals surface area contributed by atoms with Crippen LogP contribution >= 0.6 is 12.6 Å². The lowest BCUT2D eigenvalue weighted by molar-refractivity contribution is 0.696. The Bertz CT molecular complexity index is 54.6. The van der Waals surface area contributed by atoms with Crippen LogP contribution in [0.15, 0.2) is 11.2 Å². The summed E-state index contributed by atoms with van der Waals surface area (Å²) in [4.78, 5) is 0. The Morgan fingerprint density at radius 3 is 2.50 bits per heavy atom. The number of allylic oxidation sites excluding steroid dienone is 1. The number of hydrogen-bond donors (Lipinski definition) is 0. The summed E-state index contributed by atoms with van der Waals surface area (Å²) in [6, 6.07) is 0. The van der Waals surface area contributed by atoms with Crippen molar-refractivity contribution < 1.29 is 4.39 Å². The van der Waals surface area contributed by atoms with Crippen LogP contribution in [0.4, 0.5) is 4.39 Å². The van der Waals surface area contributed by atoms with Gasteiger partial charge in [0.15, 0.2) is 5.16 Å². The number of halogens is 1. The largest absolute Gasteiger partial charge is 0.195 e. The number of hydrogen-bond acceptors (Lipinski definition) is 0. The molecule has 35 valence electrons. The molecule has 0 aliphatic heterocycles. The maximum Gasteiger partial charge on any atom is 0.182 e. The van der Waals surface area contributed by atoms with Crippen LogP contribution in [0, 0.1) is 0 Å². The molecule has 1 radical (unpaired) electrons. The molecule has 6 heavy (non-hydrogen) atoms. The zero-order valence-corrected chi connectivity index (χ0v) is 4.39. The molecule has 0 aliphatic carbocycles. The molecular formula is C4H6FS. The minimum Gasteiger partial charge on any atom is -0.195 e. The van der Waals surface area contributed by atoms with Gasteiger partial charge < -0.3 is 0 Å². The normalized spacial score (nSPS) is 12.0. The highest BCUT2D eigenvalue weighted by atomic mass is 32.1. The van der Waals surface area contributed by atoms with Gasteiger partial charge in [-0.25, -0.2) is 0 Å². The first kappa shape index (κ1) is 5.89. The first-order valence-electron chi connectivity index (χ1n) is 1.80. The van der Waals surface area contributed by atoms with Gasteiger partial charge in [-0.3, -0.25) is 0 Å². The zero-order valence-electron chi connectivity index (χ0n) is 3.57. The molecule has 0 atom stereocenters. The van der Waals surface area contributed by atoms with Gasteiger partial charge in [0.05, 0.1) is 0 Å². The van der Waals surface area contributed by atoms with Crippen molar-refractivity contribution in [2.75, 3.05) is 0 Å². The van der Waals surface area contributed by atoms with Gasteiger partial charge in [-0.05, 0) is 25.1 Å². The highest BCUT2D eigenvalue weighted by Crippen LogP contribution is 2.00. The van der Waals surface area contributed by atoms with Crippen molar-refractivity contribution in [1.82, 2.24) is 0 Å². The maximum absolute atomic E-state index is 11.4. The lowest BCUT2D eigenvalue weighted by Gasteiger charge is -1.72. The standard InChI is InChI=1S/C4H6FS/c1-2-3-4(5)6/h3H,2H2,1H3/b4-3+. The Morgan fingerprint density at radius 2 is 2.50 bits per heavy atom. The molecular weight excluding hydrogens is 99.1 g/mol. The smallest absolute Gasteiger partial charge is 0.182 e. The van der Waals surface area contributed by atoms with E-state index in [1.807, 2.05) is 6.92 Å². The molecule has 0 saturated heterocycles. The third-order valence-corrected chi connectivity index (χ3v) is 0.531. The summed E-state index contributed by atoms with van der Waals surface area (Å²) in [5.74, 6) is 0. The second kappa shape index (κ2) is 3.09. The number of rotatable bonds is 1. The van der Waals surface area contributed by atoms with Crippen molar-refractivity contribution in [3.63, 3.8) is 0 Å². The fourth-order valence-corrected chi connectivity index (χ4v) is 0.327. The van der Waals surface area contributed by atoms with Crippen molar-refractivity contribution in [1.29, 1.82) is 0 Å². The van der Waals surface area contributed by atoms with Crippen LogP contribution in [0.2, 0.25) is 0 Å². The summed E-state index contributed by atoms with van der Waals surface area (Å²) in [6.45, 7) is 1.84. The van der Waals surface area contributed by atoms with Crippen LogP contribution in [0.5, 0.6) is 0 Å². The Balaban J connectivity index is 3.14. The molecule has 0 bridgehead atoms. The molecule has 0 amide bonds. The van der Waals surface area contributed by atoms with E-state index in [-0.39, 0.29) is 0 Å². The highest BCUT2D eigenvalue weighted by molar-refractivity contribution is 7.84. The molecule has 0 N–H and O–H groups in total. The van der Waals surface area contributed by atoms with Gasteiger partial charge >= 0.3 is 0 Å². The molecule has 0 aromatic carbocycles. The van der Waals surface area contributed by atoms with Crippen molar-refractivity contribution in [2.24, 2.45) is 0 Å². The quantitative estimate of drug-likeness (QED) is 0.480. The third-order valence-electron chi connectivity index (χ3n) is 0.365. The van der Waals surface area contributed by atoms with Crippen molar-refractivity contribution in [3.05, 3.63) is 11.2 Å². The van der Waals surface area contributed by atoms with E-state index in [1.165, 1.54) is 6.08 Å². The third kappa shape index (κ3) is 3.89. The lowest BCUT2D eigenvalue weighted by Crippen LogP contribution is -1.51. The Kier molecular flexibility index (Phi) is 3.04. The van der Waals surface area contributed by atoms with Gasteiger partial charge in [0, 0.05) is 0 Å². The Labute approximate surface area is 42.5 Å². The van der Waals surface area contributed by atoms with Crippen molar-refractivity contribution in [3.8, 4) is 0 Å². The van der Waals surface area contributed by atoms with Gasteiger partial charge in [0.25, 0.3) is 0 Å². The Hall–Kier alpha value is -0.110. The second-order valence-electron chi connectivity index (χ2n) is 0.916. The van der Waals surface area contributed by atoms with Crippen LogP contribution in [0.1, 0.15) is 13.3 Å². The molecule has 0 rings (SSSR count). The Morgan fingerprint density at radius 1 is 2.00 bits per heavy atom. The summed E-state index contributed by atoms with van der Waals surface area (Å²) in [5, 5.41) is -0.502. The summed E-state index contributed by atoms with van der Waals surface area (Å²) in [7, 11) is 0. The lowest BCUT2D eigenvalue weighted by atomic mass is 10.5. The fourth-order valence-electron chi connectivity index (χ4n) is 0.160.